The van der Waals surface area contributed by atoms with Crippen molar-refractivity contribution in [3.63, 3.8) is 0 Å². The lowest BCUT2D eigenvalue weighted by Crippen LogP contribution is -2.44. The third-order valence-electron chi connectivity index (χ3n) is 3.31. The minimum absolute atomic E-state index is 0.0900. The summed E-state index contributed by atoms with van der Waals surface area (Å²) < 4.78 is 0. The monoisotopic (exact) mass is 252 g/mol. The zero-order valence-electron chi connectivity index (χ0n) is 10.6. The lowest BCUT2D eigenvalue weighted by Gasteiger charge is -2.28. The number of hydrogen-bond acceptors (Lipinski definition) is 3. The Balaban J connectivity index is 1.77. The molecule has 6 heteroatoms. The first-order valence-electron chi connectivity index (χ1n) is 6.33. The van der Waals surface area contributed by atoms with E-state index in [-0.39, 0.29) is 18.2 Å². The third-order valence-corrected chi connectivity index (χ3v) is 3.31. The SMILES string of the molecule is CN(Cc1ncc[nH]1)C(=O)NC1CCC(O)CC1. The van der Waals surface area contributed by atoms with Crippen molar-refractivity contribution < 1.29 is 9.90 Å². The van der Waals surface area contributed by atoms with Gasteiger partial charge in [-0.25, -0.2) is 9.78 Å². The molecule has 1 aliphatic carbocycles. The molecular formula is C12H20N4O2. The summed E-state index contributed by atoms with van der Waals surface area (Å²) in [5.41, 5.74) is 0. The Labute approximate surface area is 106 Å². The molecule has 2 rings (SSSR count). The largest absolute Gasteiger partial charge is 0.393 e. The van der Waals surface area contributed by atoms with Gasteiger partial charge in [0.25, 0.3) is 0 Å². The molecule has 100 valence electrons. The molecule has 6 nitrogen and oxygen atoms in total. The molecule has 3 N–H and O–H groups in total. The predicted octanol–water partition coefficient (Wildman–Crippen LogP) is 0.855. The van der Waals surface area contributed by atoms with E-state index in [4.69, 9.17) is 0 Å². The molecule has 0 bridgehead atoms. The highest BCUT2D eigenvalue weighted by atomic mass is 16.3. The van der Waals surface area contributed by atoms with Gasteiger partial charge in [0.15, 0.2) is 0 Å². The van der Waals surface area contributed by atoms with Gasteiger partial charge < -0.3 is 20.3 Å². The van der Waals surface area contributed by atoms with Gasteiger partial charge in [-0.3, -0.25) is 0 Å². The van der Waals surface area contributed by atoms with Crippen molar-refractivity contribution in [3.05, 3.63) is 18.2 Å². The van der Waals surface area contributed by atoms with Crippen LogP contribution in [0.4, 0.5) is 4.79 Å². The summed E-state index contributed by atoms with van der Waals surface area (Å²) in [6.45, 7) is 0.466. The first-order chi connectivity index (χ1) is 8.65. The molecule has 2 amide bonds. The molecule has 0 aliphatic heterocycles. The number of aliphatic hydroxyl groups excluding tert-OH is 1. The average molecular weight is 252 g/mol. The summed E-state index contributed by atoms with van der Waals surface area (Å²) >= 11 is 0. The number of carbonyl (C=O) groups excluding carboxylic acids is 1. The Morgan fingerprint density at radius 3 is 2.89 bits per heavy atom. The van der Waals surface area contributed by atoms with Gasteiger partial charge in [-0.05, 0) is 25.7 Å². The Morgan fingerprint density at radius 2 is 2.28 bits per heavy atom. The molecule has 0 atom stereocenters. The topological polar surface area (TPSA) is 81.2 Å². The van der Waals surface area contributed by atoms with E-state index in [9.17, 15) is 9.90 Å². The number of aromatic nitrogens is 2. The van der Waals surface area contributed by atoms with Crippen molar-refractivity contribution in [2.75, 3.05) is 7.05 Å². The molecule has 1 aromatic heterocycles. The number of hydrogen-bond donors (Lipinski definition) is 3. The van der Waals surface area contributed by atoms with Crippen molar-refractivity contribution in [1.29, 1.82) is 0 Å². The smallest absolute Gasteiger partial charge is 0.317 e. The molecule has 0 spiro atoms. The van der Waals surface area contributed by atoms with Gasteiger partial charge in [-0.2, -0.15) is 0 Å². The number of nitrogens with one attached hydrogen (secondary N) is 2. The van der Waals surface area contributed by atoms with Crippen LogP contribution in [-0.2, 0) is 6.54 Å². The number of H-pyrrole nitrogens is 1. The summed E-state index contributed by atoms with van der Waals surface area (Å²) in [6, 6.07) is 0.0905. The van der Waals surface area contributed by atoms with Crippen LogP contribution in [0.1, 0.15) is 31.5 Å². The summed E-state index contributed by atoms with van der Waals surface area (Å²) in [5.74, 6) is 0.770. The average Bonchev–Trinajstić information content (AvgIpc) is 2.85. The number of amides is 2. The summed E-state index contributed by atoms with van der Waals surface area (Å²) in [5, 5.41) is 12.4. The minimum atomic E-state index is -0.195. The Morgan fingerprint density at radius 1 is 1.56 bits per heavy atom. The summed E-state index contributed by atoms with van der Waals surface area (Å²) in [4.78, 5) is 20.6. The van der Waals surface area contributed by atoms with Crippen LogP contribution in [0.15, 0.2) is 12.4 Å². The fraction of sp³-hybridized carbons (Fsp3) is 0.667. The maximum absolute atomic E-state index is 11.9. The number of aromatic amines is 1. The first kappa shape index (κ1) is 12.9. The van der Waals surface area contributed by atoms with Crippen LogP contribution in [0.3, 0.4) is 0 Å². The number of nitrogens with zero attached hydrogens (tertiary/aromatic N) is 2. The van der Waals surface area contributed by atoms with Gasteiger partial charge in [0, 0.05) is 25.5 Å². The second-order valence-corrected chi connectivity index (χ2v) is 4.85. The highest BCUT2D eigenvalue weighted by Gasteiger charge is 2.22. The zero-order chi connectivity index (χ0) is 13.0. The van der Waals surface area contributed by atoms with E-state index in [0.717, 1.165) is 31.5 Å². The van der Waals surface area contributed by atoms with Crippen LogP contribution in [-0.4, -0.2) is 45.2 Å². The van der Waals surface area contributed by atoms with E-state index in [1.807, 2.05) is 0 Å². The number of imidazole rings is 1. The molecule has 1 heterocycles. The van der Waals surface area contributed by atoms with Gasteiger partial charge in [-0.1, -0.05) is 0 Å². The maximum Gasteiger partial charge on any atom is 0.317 e. The summed E-state index contributed by atoms with van der Waals surface area (Å²) in [6.07, 6.45) is 6.45. The first-order valence-corrected chi connectivity index (χ1v) is 6.33. The van der Waals surface area contributed by atoms with E-state index in [0.29, 0.717) is 6.54 Å². The molecule has 0 aromatic carbocycles. The quantitative estimate of drug-likeness (QED) is 0.746. The fourth-order valence-corrected chi connectivity index (χ4v) is 2.19. The molecule has 1 aromatic rings. The third kappa shape index (κ3) is 3.46. The van der Waals surface area contributed by atoms with Gasteiger partial charge in [0.05, 0.1) is 12.6 Å². The molecule has 0 radical (unpaired) electrons. The van der Waals surface area contributed by atoms with Gasteiger partial charge >= 0.3 is 6.03 Å². The number of carbonyl (C=O) groups is 1. The number of urea groups is 1. The predicted molar refractivity (Wildman–Crippen MR) is 66.8 cm³/mol. The van der Waals surface area contributed by atoms with E-state index < -0.39 is 0 Å². The molecule has 1 aliphatic rings. The maximum atomic E-state index is 11.9. The van der Waals surface area contributed by atoms with E-state index >= 15 is 0 Å². The summed E-state index contributed by atoms with van der Waals surface area (Å²) in [7, 11) is 1.75. The van der Waals surface area contributed by atoms with Crippen molar-refractivity contribution in [1.82, 2.24) is 20.2 Å². The van der Waals surface area contributed by atoms with E-state index in [1.165, 1.54) is 0 Å². The lowest BCUT2D eigenvalue weighted by atomic mass is 9.93. The van der Waals surface area contributed by atoms with Crippen molar-refractivity contribution >= 4 is 6.03 Å². The lowest BCUT2D eigenvalue weighted by molar-refractivity contribution is 0.115. The standard InChI is InChI=1S/C12H20N4O2/c1-16(8-11-13-6-7-14-11)12(18)15-9-2-4-10(17)5-3-9/h6-7,9-10,17H,2-5,8H2,1H3,(H,13,14)(H,15,18). The molecule has 1 fully saturated rings. The van der Waals surface area contributed by atoms with Crippen LogP contribution >= 0.6 is 0 Å². The molecule has 1 saturated carbocycles. The van der Waals surface area contributed by atoms with Crippen molar-refractivity contribution in [3.8, 4) is 0 Å². The number of aliphatic hydroxyl groups is 1. The highest BCUT2D eigenvalue weighted by Crippen LogP contribution is 2.18. The van der Waals surface area contributed by atoms with Gasteiger partial charge in [0.1, 0.15) is 5.82 Å². The molecular weight excluding hydrogens is 232 g/mol. The molecule has 18 heavy (non-hydrogen) atoms. The molecule has 0 saturated heterocycles. The highest BCUT2D eigenvalue weighted by molar-refractivity contribution is 5.74. The Bertz CT molecular complexity index is 371. The van der Waals surface area contributed by atoms with Gasteiger partial charge in [0.2, 0.25) is 0 Å². The minimum Gasteiger partial charge on any atom is -0.393 e. The van der Waals surface area contributed by atoms with Crippen LogP contribution in [0.25, 0.3) is 0 Å². The molecule has 0 unspecified atom stereocenters. The van der Waals surface area contributed by atoms with Crippen LogP contribution in [0.5, 0.6) is 0 Å². The Kier molecular flexibility index (Phi) is 4.19. The number of rotatable bonds is 3. The second kappa shape index (κ2) is 5.86. The Hall–Kier alpha value is -1.56. The van der Waals surface area contributed by atoms with Crippen molar-refractivity contribution in [2.45, 2.75) is 44.4 Å². The van der Waals surface area contributed by atoms with Crippen LogP contribution in [0, 0.1) is 0 Å². The van der Waals surface area contributed by atoms with E-state index in [2.05, 4.69) is 15.3 Å². The normalized spacial score (nSPS) is 23.7. The van der Waals surface area contributed by atoms with Crippen molar-refractivity contribution in [2.24, 2.45) is 0 Å². The van der Waals surface area contributed by atoms with Gasteiger partial charge in [-0.15, -0.1) is 0 Å². The second-order valence-electron chi connectivity index (χ2n) is 4.85. The fourth-order valence-electron chi connectivity index (χ4n) is 2.19. The zero-order valence-corrected chi connectivity index (χ0v) is 10.6. The van der Waals surface area contributed by atoms with Crippen LogP contribution in [0.2, 0.25) is 0 Å². The van der Waals surface area contributed by atoms with E-state index in [1.54, 1.807) is 24.3 Å². The van der Waals surface area contributed by atoms with Crippen LogP contribution < -0.4 is 5.32 Å².